The maximum Gasteiger partial charge on any atom is 0.259 e. The Morgan fingerprint density at radius 3 is 2.51 bits per heavy atom. The van der Waals surface area contributed by atoms with Gasteiger partial charge in [0.25, 0.3) is 5.91 Å². The standard InChI is InChI=1S/C33H36N4O4/c1-23-19-37(24(2)22-38)33(39)30-16-27(26-8-7-15-34-17-26)18-35-32(30)41-31(23)21-36(3)20-25-11-13-29(14-12-25)40-28-9-5-4-6-10-28/h4-18,23-24,31,38H,19-22H2,1-3H3/t23-,24+,31+/m0/s1. The van der Waals surface area contributed by atoms with E-state index in [1.807, 2.05) is 67.6 Å². The molecule has 1 aliphatic rings. The van der Waals surface area contributed by atoms with Crippen molar-refractivity contribution in [3.63, 3.8) is 0 Å². The molecule has 1 N–H and O–H groups in total. The highest BCUT2D eigenvalue weighted by molar-refractivity contribution is 5.98. The second-order valence-electron chi connectivity index (χ2n) is 10.7. The topological polar surface area (TPSA) is 88.0 Å². The van der Waals surface area contributed by atoms with Gasteiger partial charge in [0.05, 0.1) is 12.6 Å². The van der Waals surface area contributed by atoms with Gasteiger partial charge in [-0.25, -0.2) is 4.98 Å². The highest BCUT2D eigenvalue weighted by Gasteiger charge is 2.34. The fraction of sp³-hybridized carbons (Fsp3) is 0.303. The minimum atomic E-state index is -0.340. The number of fused-ring (bicyclic) bond motifs is 1. The molecule has 2 aromatic heterocycles. The Hall–Kier alpha value is -4.27. The number of aromatic nitrogens is 2. The average molecular weight is 553 g/mol. The first-order valence-corrected chi connectivity index (χ1v) is 13.9. The van der Waals surface area contributed by atoms with Crippen LogP contribution in [0.5, 0.6) is 17.4 Å². The van der Waals surface area contributed by atoms with E-state index in [9.17, 15) is 9.90 Å². The summed E-state index contributed by atoms with van der Waals surface area (Å²) in [6.07, 6.45) is 4.94. The summed E-state index contributed by atoms with van der Waals surface area (Å²) in [5.74, 6) is 1.71. The summed E-state index contributed by atoms with van der Waals surface area (Å²) in [7, 11) is 2.06. The Morgan fingerprint density at radius 1 is 1.05 bits per heavy atom. The largest absolute Gasteiger partial charge is 0.472 e. The van der Waals surface area contributed by atoms with Crippen molar-refractivity contribution in [2.24, 2.45) is 5.92 Å². The van der Waals surface area contributed by atoms with Gasteiger partial charge in [0, 0.05) is 55.3 Å². The minimum Gasteiger partial charge on any atom is -0.472 e. The lowest BCUT2D eigenvalue weighted by molar-refractivity contribution is 0.0325. The zero-order valence-electron chi connectivity index (χ0n) is 23.7. The zero-order valence-corrected chi connectivity index (χ0v) is 23.7. The number of pyridine rings is 2. The third-order valence-electron chi connectivity index (χ3n) is 7.36. The van der Waals surface area contributed by atoms with Crippen LogP contribution in [0.15, 0.2) is 91.4 Å². The van der Waals surface area contributed by atoms with Crippen LogP contribution >= 0.6 is 0 Å². The number of carbonyl (C=O) groups excluding carboxylic acids is 1. The Kier molecular flexibility index (Phi) is 8.91. The molecule has 0 saturated heterocycles. The van der Waals surface area contributed by atoms with Crippen molar-refractivity contribution in [3.05, 3.63) is 103 Å². The van der Waals surface area contributed by atoms with Gasteiger partial charge in [-0.2, -0.15) is 0 Å². The number of hydrogen-bond donors (Lipinski definition) is 1. The molecule has 4 aromatic rings. The fourth-order valence-corrected chi connectivity index (χ4v) is 4.98. The normalized spacial score (nSPS) is 17.8. The second-order valence-corrected chi connectivity index (χ2v) is 10.7. The van der Waals surface area contributed by atoms with Crippen molar-refractivity contribution in [3.8, 4) is 28.5 Å². The Balaban J connectivity index is 1.33. The average Bonchev–Trinajstić information content (AvgIpc) is 3.00. The van der Waals surface area contributed by atoms with Gasteiger partial charge in [0.2, 0.25) is 5.88 Å². The van der Waals surface area contributed by atoms with Gasteiger partial charge in [-0.05, 0) is 55.9 Å². The number of likely N-dealkylation sites (N-methyl/N-ethyl adjacent to an activating group) is 1. The molecule has 8 nitrogen and oxygen atoms in total. The second kappa shape index (κ2) is 12.9. The van der Waals surface area contributed by atoms with Crippen LogP contribution < -0.4 is 9.47 Å². The lowest BCUT2D eigenvalue weighted by atomic mass is 9.99. The smallest absolute Gasteiger partial charge is 0.259 e. The molecular weight excluding hydrogens is 516 g/mol. The van der Waals surface area contributed by atoms with Crippen molar-refractivity contribution in [1.82, 2.24) is 19.8 Å². The molecule has 1 aliphatic heterocycles. The molecule has 3 heterocycles. The minimum absolute atomic E-state index is 0.00463. The van der Waals surface area contributed by atoms with Crippen molar-refractivity contribution >= 4 is 5.91 Å². The number of benzene rings is 2. The molecule has 0 fully saturated rings. The van der Waals surface area contributed by atoms with Crippen LogP contribution in [0, 0.1) is 5.92 Å². The van der Waals surface area contributed by atoms with E-state index < -0.39 is 0 Å². The Labute approximate surface area is 241 Å². The molecular formula is C33H36N4O4. The molecule has 0 aliphatic carbocycles. The van der Waals surface area contributed by atoms with E-state index in [0.717, 1.165) is 28.2 Å². The van der Waals surface area contributed by atoms with E-state index in [-0.39, 0.29) is 30.6 Å². The van der Waals surface area contributed by atoms with E-state index >= 15 is 0 Å². The molecule has 212 valence electrons. The van der Waals surface area contributed by atoms with Crippen molar-refractivity contribution < 1.29 is 19.4 Å². The summed E-state index contributed by atoms with van der Waals surface area (Å²) in [5, 5.41) is 9.95. The quantitative estimate of drug-likeness (QED) is 0.302. The van der Waals surface area contributed by atoms with Crippen LogP contribution in [-0.4, -0.2) is 69.7 Å². The first-order valence-electron chi connectivity index (χ1n) is 13.9. The molecule has 41 heavy (non-hydrogen) atoms. The predicted molar refractivity (Wildman–Crippen MR) is 158 cm³/mol. The number of aliphatic hydroxyl groups excluding tert-OH is 1. The highest BCUT2D eigenvalue weighted by atomic mass is 16.5. The molecule has 8 heteroatoms. The number of amides is 1. The van der Waals surface area contributed by atoms with Gasteiger partial charge in [-0.1, -0.05) is 43.3 Å². The molecule has 1 amide bonds. The number of hydrogen-bond acceptors (Lipinski definition) is 7. The van der Waals surface area contributed by atoms with Gasteiger partial charge in [-0.15, -0.1) is 0 Å². The first-order chi connectivity index (χ1) is 19.9. The summed E-state index contributed by atoms with van der Waals surface area (Å²) >= 11 is 0. The summed E-state index contributed by atoms with van der Waals surface area (Å²) in [6, 6.07) is 23.1. The summed E-state index contributed by atoms with van der Waals surface area (Å²) in [4.78, 5) is 26.4. The molecule has 2 aromatic carbocycles. The van der Waals surface area contributed by atoms with E-state index in [1.165, 1.54) is 0 Å². The number of rotatable bonds is 9. The summed E-state index contributed by atoms with van der Waals surface area (Å²) < 4.78 is 12.4. The van der Waals surface area contributed by atoms with Crippen molar-refractivity contribution in [2.45, 2.75) is 32.5 Å². The Morgan fingerprint density at radius 2 is 1.80 bits per heavy atom. The lowest BCUT2D eigenvalue weighted by Crippen LogP contribution is -2.49. The van der Waals surface area contributed by atoms with Crippen molar-refractivity contribution in [2.75, 3.05) is 26.7 Å². The number of aliphatic hydroxyl groups is 1. The zero-order chi connectivity index (χ0) is 28.8. The van der Waals surface area contributed by atoms with Crippen LogP contribution in [-0.2, 0) is 6.54 Å². The molecule has 5 rings (SSSR count). The van der Waals surface area contributed by atoms with E-state index in [0.29, 0.717) is 31.1 Å². The Bertz CT molecular complexity index is 1430. The van der Waals surface area contributed by atoms with E-state index in [1.54, 1.807) is 23.5 Å². The van der Waals surface area contributed by atoms with Crippen molar-refractivity contribution in [1.29, 1.82) is 0 Å². The summed E-state index contributed by atoms with van der Waals surface area (Å²) in [5.41, 5.74) is 3.19. The molecule has 0 spiro atoms. The van der Waals surface area contributed by atoms with Crippen LogP contribution in [0.2, 0.25) is 0 Å². The van der Waals surface area contributed by atoms with Gasteiger partial charge < -0.3 is 19.5 Å². The lowest BCUT2D eigenvalue weighted by Gasteiger charge is -2.37. The molecule has 3 atom stereocenters. The van der Waals surface area contributed by atoms with Crippen LogP contribution in [0.4, 0.5) is 0 Å². The molecule has 0 unspecified atom stereocenters. The third-order valence-corrected chi connectivity index (χ3v) is 7.36. The highest BCUT2D eigenvalue weighted by Crippen LogP contribution is 2.30. The summed E-state index contributed by atoms with van der Waals surface area (Å²) in [6.45, 7) is 5.61. The first kappa shape index (κ1) is 28.3. The SMILES string of the molecule is C[C@H](CO)N1C[C@H](C)[C@@H](CN(C)Cc2ccc(Oc3ccccc3)cc2)Oc2ncc(-c3cccnc3)cc2C1=O. The monoisotopic (exact) mass is 552 g/mol. The van der Waals surface area contributed by atoms with Gasteiger partial charge >= 0.3 is 0 Å². The number of nitrogens with zero attached hydrogens (tertiary/aromatic N) is 4. The molecule has 0 radical (unpaired) electrons. The van der Waals surface area contributed by atoms with Gasteiger partial charge in [0.1, 0.15) is 23.2 Å². The maximum atomic E-state index is 13.7. The fourth-order valence-electron chi connectivity index (χ4n) is 4.98. The predicted octanol–water partition coefficient (Wildman–Crippen LogP) is 5.29. The third kappa shape index (κ3) is 6.90. The van der Waals surface area contributed by atoms with Gasteiger partial charge in [-0.3, -0.25) is 14.7 Å². The molecule has 0 bridgehead atoms. The van der Waals surface area contributed by atoms with Crippen LogP contribution in [0.1, 0.15) is 29.8 Å². The molecule has 0 saturated carbocycles. The van der Waals surface area contributed by atoms with Crippen LogP contribution in [0.3, 0.4) is 0 Å². The van der Waals surface area contributed by atoms with E-state index in [2.05, 4.69) is 41.0 Å². The van der Waals surface area contributed by atoms with E-state index in [4.69, 9.17) is 9.47 Å². The maximum absolute atomic E-state index is 13.7. The van der Waals surface area contributed by atoms with Crippen LogP contribution in [0.25, 0.3) is 11.1 Å². The number of para-hydroxylation sites is 1. The number of ether oxygens (including phenoxy) is 2. The van der Waals surface area contributed by atoms with Gasteiger partial charge in [0.15, 0.2) is 0 Å². The number of carbonyl (C=O) groups is 1.